The molecular weight excluding hydrogens is 460 g/mol. The molecule has 1 aromatic carbocycles. The predicted octanol–water partition coefficient (Wildman–Crippen LogP) is 6.93. The van der Waals surface area contributed by atoms with Crippen molar-refractivity contribution in [2.24, 2.45) is 0 Å². The molecule has 0 saturated carbocycles. The third kappa shape index (κ3) is 11.5. The number of hydrogen-bond donors (Lipinski definition) is 0. The molecule has 0 saturated heterocycles. The van der Waals surface area contributed by atoms with Gasteiger partial charge < -0.3 is 9.30 Å². The summed E-state index contributed by atoms with van der Waals surface area (Å²) >= 11 is 6.40. The molecule has 2 aromatic rings. The lowest BCUT2D eigenvalue weighted by Gasteiger charge is -2.07. The van der Waals surface area contributed by atoms with Crippen LogP contribution in [0.5, 0.6) is 5.75 Å². The second-order valence-electron chi connectivity index (χ2n) is 3.64. The van der Waals surface area contributed by atoms with E-state index in [0.717, 1.165) is 11.3 Å². The van der Waals surface area contributed by atoms with Crippen LogP contribution in [-0.2, 0) is 6.54 Å². The number of halogens is 2. The number of ether oxygens (including phenoxy) is 1. The summed E-state index contributed by atoms with van der Waals surface area (Å²) in [5.41, 5.74) is 0.858. The van der Waals surface area contributed by atoms with E-state index in [1.807, 2.05) is 79.7 Å². The van der Waals surface area contributed by atoms with Crippen LogP contribution < -0.4 is 10.3 Å². The van der Waals surface area contributed by atoms with Gasteiger partial charge in [-0.1, -0.05) is 67.5 Å². The molecule has 0 fully saturated rings. The van der Waals surface area contributed by atoms with Crippen LogP contribution in [0.25, 0.3) is 0 Å². The summed E-state index contributed by atoms with van der Waals surface area (Å²) in [6, 6.07) is 7.58. The fourth-order valence-corrected chi connectivity index (χ4v) is 2.60. The Morgan fingerprint density at radius 2 is 1.38 bits per heavy atom. The molecule has 0 spiro atoms. The molecule has 0 amide bonds. The van der Waals surface area contributed by atoms with E-state index in [4.69, 9.17) is 4.74 Å². The largest absolute Gasteiger partial charge is 0.497 e. The maximum Gasteiger partial charge on any atom is 0.284 e. The molecule has 0 bridgehead atoms. The Morgan fingerprint density at radius 3 is 1.81 bits per heavy atom. The highest BCUT2D eigenvalue weighted by Crippen LogP contribution is 2.13. The lowest BCUT2D eigenvalue weighted by molar-refractivity contribution is 0.414. The number of aromatic nitrogens is 2. The molecule has 0 aliphatic rings. The van der Waals surface area contributed by atoms with Crippen LogP contribution in [0, 0.1) is 0 Å². The summed E-state index contributed by atoms with van der Waals surface area (Å²) in [5.74, 6) is 0.795. The lowest BCUT2D eigenvalue weighted by Crippen LogP contribution is -2.22. The van der Waals surface area contributed by atoms with Crippen molar-refractivity contribution in [1.29, 1.82) is 0 Å². The van der Waals surface area contributed by atoms with Crippen molar-refractivity contribution in [1.82, 2.24) is 9.55 Å². The summed E-state index contributed by atoms with van der Waals surface area (Å²) in [6.07, 6.45) is 1.66. The van der Waals surface area contributed by atoms with Gasteiger partial charge in [0.25, 0.3) is 5.56 Å². The van der Waals surface area contributed by atoms with Gasteiger partial charge in [0, 0.05) is 6.20 Å². The second-order valence-corrected chi connectivity index (χ2v) is 5.20. The van der Waals surface area contributed by atoms with Gasteiger partial charge in [0.1, 0.15) is 10.4 Å². The quantitative estimate of drug-likeness (QED) is 0.465. The first kappa shape index (κ1) is 29.6. The average Bonchev–Trinajstić information content (AvgIpc) is 2.72. The number of nitrogens with zero attached hydrogens (tertiary/aromatic N) is 2. The van der Waals surface area contributed by atoms with Crippen molar-refractivity contribution in [2.45, 2.75) is 61.9 Å². The fraction of sp³-hybridized carbons (Fsp3) is 0.500. The van der Waals surface area contributed by atoms with Crippen LogP contribution in [0.15, 0.2) is 44.5 Å². The molecule has 6 heteroatoms. The SMILES string of the molecule is CC.CC.CC.CC.COc1ccc(Cn2cc(Br)nc(Br)c2=O)cc1. The average molecular weight is 494 g/mol. The highest BCUT2D eigenvalue weighted by atomic mass is 79.9. The molecule has 0 aliphatic carbocycles. The third-order valence-electron chi connectivity index (χ3n) is 2.42. The standard InChI is InChI=1S/C12H10Br2N2O2.4C2H6/c1-18-9-4-2-8(3-5-9)6-16-7-10(13)15-11(14)12(16)17;4*1-2/h2-5,7H,6H2,1H3;4*1-2H3. The van der Waals surface area contributed by atoms with Crippen LogP contribution >= 0.6 is 31.9 Å². The van der Waals surface area contributed by atoms with Gasteiger partial charge in [-0.05, 0) is 49.6 Å². The third-order valence-corrected chi connectivity index (χ3v) is 3.32. The zero-order valence-corrected chi connectivity index (χ0v) is 20.7. The highest BCUT2D eigenvalue weighted by molar-refractivity contribution is 9.11. The highest BCUT2D eigenvalue weighted by Gasteiger charge is 2.05. The topological polar surface area (TPSA) is 44.1 Å². The van der Waals surface area contributed by atoms with Crippen LogP contribution in [0.4, 0.5) is 0 Å². The van der Waals surface area contributed by atoms with Gasteiger partial charge in [-0.25, -0.2) is 4.98 Å². The van der Waals surface area contributed by atoms with E-state index in [2.05, 4.69) is 36.8 Å². The van der Waals surface area contributed by atoms with Gasteiger partial charge in [0.05, 0.1) is 13.7 Å². The number of methoxy groups -OCH3 is 1. The number of hydrogen-bond acceptors (Lipinski definition) is 3. The van der Waals surface area contributed by atoms with Crippen LogP contribution in [0.3, 0.4) is 0 Å². The van der Waals surface area contributed by atoms with E-state index in [1.54, 1.807) is 17.9 Å². The fourth-order valence-electron chi connectivity index (χ4n) is 1.52. The smallest absolute Gasteiger partial charge is 0.284 e. The predicted molar refractivity (Wildman–Crippen MR) is 121 cm³/mol. The Kier molecular flexibility index (Phi) is 23.0. The van der Waals surface area contributed by atoms with E-state index in [9.17, 15) is 4.79 Å². The zero-order chi connectivity index (χ0) is 21.1. The molecule has 0 atom stereocenters. The van der Waals surface area contributed by atoms with E-state index >= 15 is 0 Å². The Balaban J connectivity index is -0.000000585. The molecule has 0 radical (unpaired) electrons. The van der Waals surface area contributed by atoms with E-state index < -0.39 is 0 Å². The summed E-state index contributed by atoms with van der Waals surface area (Å²) in [6.45, 7) is 16.5. The van der Waals surface area contributed by atoms with Crippen molar-refractivity contribution >= 4 is 31.9 Å². The van der Waals surface area contributed by atoms with E-state index in [0.29, 0.717) is 15.8 Å². The Labute approximate surface area is 176 Å². The van der Waals surface area contributed by atoms with E-state index in [-0.39, 0.29) is 5.56 Å². The summed E-state index contributed by atoms with van der Waals surface area (Å²) < 4.78 is 7.58. The molecule has 2 rings (SSSR count). The molecule has 0 N–H and O–H groups in total. The molecule has 26 heavy (non-hydrogen) atoms. The summed E-state index contributed by atoms with van der Waals surface area (Å²) in [4.78, 5) is 15.8. The lowest BCUT2D eigenvalue weighted by atomic mass is 10.2. The number of benzene rings is 1. The molecular formula is C20H34Br2N2O2. The minimum absolute atomic E-state index is 0.158. The maximum absolute atomic E-state index is 11.9. The summed E-state index contributed by atoms with van der Waals surface area (Å²) in [7, 11) is 1.62. The first-order valence-electron chi connectivity index (χ1n) is 9.15. The van der Waals surface area contributed by atoms with Gasteiger partial charge >= 0.3 is 0 Å². The van der Waals surface area contributed by atoms with Crippen molar-refractivity contribution < 1.29 is 4.74 Å². The van der Waals surface area contributed by atoms with Gasteiger partial charge in [0.15, 0.2) is 4.60 Å². The number of rotatable bonds is 3. The van der Waals surface area contributed by atoms with Crippen molar-refractivity contribution in [3.05, 3.63) is 55.6 Å². The van der Waals surface area contributed by atoms with Crippen LogP contribution in [0.1, 0.15) is 61.0 Å². The van der Waals surface area contributed by atoms with Gasteiger partial charge in [0.2, 0.25) is 0 Å². The van der Waals surface area contributed by atoms with Crippen molar-refractivity contribution in [3.63, 3.8) is 0 Å². The second kappa shape index (κ2) is 20.2. The van der Waals surface area contributed by atoms with Crippen LogP contribution in [-0.4, -0.2) is 16.7 Å². The first-order valence-corrected chi connectivity index (χ1v) is 10.7. The zero-order valence-electron chi connectivity index (χ0n) is 17.6. The molecule has 0 unspecified atom stereocenters. The minimum Gasteiger partial charge on any atom is -0.497 e. The van der Waals surface area contributed by atoms with Crippen molar-refractivity contribution in [2.75, 3.05) is 7.11 Å². The molecule has 1 heterocycles. The van der Waals surface area contributed by atoms with Gasteiger partial charge in [-0.3, -0.25) is 4.79 Å². The maximum atomic E-state index is 11.9. The minimum atomic E-state index is -0.158. The molecule has 4 nitrogen and oxygen atoms in total. The van der Waals surface area contributed by atoms with Crippen molar-refractivity contribution in [3.8, 4) is 5.75 Å². The molecule has 0 aliphatic heterocycles. The van der Waals surface area contributed by atoms with Crippen LogP contribution in [0.2, 0.25) is 0 Å². The van der Waals surface area contributed by atoms with E-state index in [1.165, 1.54) is 0 Å². The Bertz CT molecular complexity index is 612. The van der Waals surface area contributed by atoms with Gasteiger partial charge in [-0.2, -0.15) is 0 Å². The first-order chi connectivity index (χ1) is 12.6. The Morgan fingerprint density at radius 1 is 0.923 bits per heavy atom. The molecule has 150 valence electrons. The van der Waals surface area contributed by atoms with Gasteiger partial charge in [-0.15, -0.1) is 0 Å². The molecule has 1 aromatic heterocycles. The summed E-state index contributed by atoms with van der Waals surface area (Å²) in [5, 5.41) is 0. The monoisotopic (exact) mass is 492 g/mol. The normalized spacial score (nSPS) is 8.12. The Hall–Kier alpha value is -1.14.